The smallest absolute Gasteiger partial charge is 0.318 e. The Bertz CT molecular complexity index is 388. The third-order valence-corrected chi connectivity index (χ3v) is 2.74. The van der Waals surface area contributed by atoms with Crippen molar-refractivity contribution in [3.8, 4) is 0 Å². The van der Waals surface area contributed by atoms with Crippen molar-refractivity contribution in [1.29, 1.82) is 0 Å². The summed E-state index contributed by atoms with van der Waals surface area (Å²) in [6, 6.07) is 6.94. The highest BCUT2D eigenvalue weighted by atomic mass is 16.3. The first-order chi connectivity index (χ1) is 7.38. The van der Waals surface area contributed by atoms with Gasteiger partial charge in [0.15, 0.2) is 0 Å². The standard InChI is InChI=1S/C12H18N2O2/c1-12(2,8-15)9-5-4-6-10(7-9)14(3)11(13)16/h4-7,15H,8H2,1-3H3,(H2,13,16). The van der Waals surface area contributed by atoms with Gasteiger partial charge in [0.1, 0.15) is 0 Å². The Kier molecular flexibility index (Phi) is 3.55. The van der Waals surface area contributed by atoms with Gasteiger partial charge in [-0.15, -0.1) is 0 Å². The Labute approximate surface area is 95.7 Å². The van der Waals surface area contributed by atoms with Crippen LogP contribution in [-0.2, 0) is 5.41 Å². The van der Waals surface area contributed by atoms with E-state index in [1.807, 2.05) is 38.1 Å². The summed E-state index contributed by atoms with van der Waals surface area (Å²) < 4.78 is 0. The van der Waals surface area contributed by atoms with Crippen LogP contribution in [0.3, 0.4) is 0 Å². The number of urea groups is 1. The fourth-order valence-electron chi connectivity index (χ4n) is 1.35. The van der Waals surface area contributed by atoms with Crippen molar-refractivity contribution < 1.29 is 9.90 Å². The summed E-state index contributed by atoms with van der Waals surface area (Å²) in [7, 11) is 1.62. The van der Waals surface area contributed by atoms with E-state index in [9.17, 15) is 9.90 Å². The number of carbonyl (C=O) groups is 1. The number of carbonyl (C=O) groups excluding carboxylic acids is 1. The van der Waals surface area contributed by atoms with Crippen molar-refractivity contribution in [1.82, 2.24) is 0 Å². The minimum Gasteiger partial charge on any atom is -0.395 e. The maximum Gasteiger partial charge on any atom is 0.318 e. The number of rotatable bonds is 3. The highest BCUT2D eigenvalue weighted by Crippen LogP contribution is 2.25. The number of nitrogens with two attached hydrogens (primary N) is 1. The Balaban J connectivity index is 3.09. The van der Waals surface area contributed by atoms with Crippen LogP contribution in [0.15, 0.2) is 24.3 Å². The first kappa shape index (κ1) is 12.5. The molecule has 88 valence electrons. The molecule has 0 fully saturated rings. The van der Waals surface area contributed by atoms with Crippen LogP contribution >= 0.6 is 0 Å². The number of aliphatic hydroxyl groups excluding tert-OH is 1. The van der Waals surface area contributed by atoms with Gasteiger partial charge in [-0.1, -0.05) is 26.0 Å². The van der Waals surface area contributed by atoms with Crippen molar-refractivity contribution in [2.24, 2.45) is 5.73 Å². The summed E-state index contributed by atoms with van der Waals surface area (Å²) in [6.45, 7) is 3.93. The average Bonchev–Trinajstić information content (AvgIpc) is 2.28. The summed E-state index contributed by atoms with van der Waals surface area (Å²) in [6.07, 6.45) is 0. The normalized spacial score (nSPS) is 11.2. The fourth-order valence-corrected chi connectivity index (χ4v) is 1.35. The summed E-state index contributed by atoms with van der Waals surface area (Å²) in [4.78, 5) is 12.4. The number of hydrogen-bond acceptors (Lipinski definition) is 2. The monoisotopic (exact) mass is 222 g/mol. The van der Waals surface area contributed by atoms with Gasteiger partial charge in [0.05, 0.1) is 6.61 Å². The highest BCUT2D eigenvalue weighted by molar-refractivity contribution is 5.90. The maximum absolute atomic E-state index is 11.0. The molecule has 0 radical (unpaired) electrons. The van der Waals surface area contributed by atoms with Crippen molar-refractivity contribution >= 4 is 11.7 Å². The lowest BCUT2D eigenvalue weighted by Gasteiger charge is -2.24. The van der Waals surface area contributed by atoms with Gasteiger partial charge in [0, 0.05) is 18.2 Å². The molecule has 0 bridgehead atoms. The fraction of sp³-hybridized carbons (Fsp3) is 0.417. The average molecular weight is 222 g/mol. The predicted molar refractivity (Wildman–Crippen MR) is 64.5 cm³/mol. The predicted octanol–water partition coefficient (Wildman–Crippen LogP) is 1.47. The first-order valence-corrected chi connectivity index (χ1v) is 5.13. The molecule has 0 aliphatic heterocycles. The van der Waals surface area contributed by atoms with Gasteiger partial charge >= 0.3 is 6.03 Å². The molecule has 3 N–H and O–H groups in total. The van der Waals surface area contributed by atoms with Gasteiger partial charge in [-0.25, -0.2) is 4.79 Å². The summed E-state index contributed by atoms with van der Waals surface area (Å²) in [5.74, 6) is 0. The second-order valence-electron chi connectivity index (χ2n) is 4.49. The maximum atomic E-state index is 11.0. The van der Waals surface area contributed by atoms with Gasteiger partial charge < -0.3 is 10.8 Å². The van der Waals surface area contributed by atoms with E-state index in [0.717, 1.165) is 11.3 Å². The first-order valence-electron chi connectivity index (χ1n) is 5.13. The zero-order valence-corrected chi connectivity index (χ0v) is 9.90. The van der Waals surface area contributed by atoms with Gasteiger partial charge in [-0.2, -0.15) is 0 Å². The summed E-state index contributed by atoms with van der Waals surface area (Å²) in [5, 5.41) is 9.28. The number of primary amides is 1. The lowest BCUT2D eigenvalue weighted by molar-refractivity contribution is 0.218. The Hall–Kier alpha value is -1.55. The van der Waals surface area contributed by atoms with Crippen molar-refractivity contribution in [2.75, 3.05) is 18.6 Å². The summed E-state index contributed by atoms with van der Waals surface area (Å²) in [5.41, 5.74) is 6.57. The molecule has 0 aliphatic carbocycles. The van der Waals surface area contributed by atoms with Gasteiger partial charge in [-0.05, 0) is 17.7 Å². The number of amides is 2. The molecule has 0 aromatic heterocycles. The Morgan fingerprint density at radius 2 is 2.12 bits per heavy atom. The third kappa shape index (κ3) is 2.52. The molecule has 4 nitrogen and oxygen atoms in total. The van der Waals surface area contributed by atoms with Crippen molar-refractivity contribution in [2.45, 2.75) is 19.3 Å². The molecule has 1 aromatic carbocycles. The van der Waals surface area contributed by atoms with Crippen LogP contribution in [-0.4, -0.2) is 24.8 Å². The van der Waals surface area contributed by atoms with E-state index in [1.165, 1.54) is 4.90 Å². The molecule has 0 saturated heterocycles. The summed E-state index contributed by atoms with van der Waals surface area (Å²) >= 11 is 0. The molecule has 0 heterocycles. The van der Waals surface area contributed by atoms with Crippen LogP contribution < -0.4 is 10.6 Å². The number of hydrogen-bond donors (Lipinski definition) is 2. The van der Waals surface area contributed by atoms with Crippen LogP contribution in [0, 0.1) is 0 Å². The van der Waals surface area contributed by atoms with E-state index >= 15 is 0 Å². The van der Waals surface area contributed by atoms with Gasteiger partial charge in [0.25, 0.3) is 0 Å². The minimum absolute atomic E-state index is 0.0523. The van der Waals surface area contributed by atoms with Gasteiger partial charge in [-0.3, -0.25) is 4.90 Å². The lowest BCUT2D eigenvalue weighted by atomic mass is 9.85. The van der Waals surface area contributed by atoms with E-state index < -0.39 is 6.03 Å². The zero-order valence-electron chi connectivity index (χ0n) is 9.90. The third-order valence-electron chi connectivity index (χ3n) is 2.74. The molecule has 0 unspecified atom stereocenters. The Morgan fingerprint density at radius 3 is 2.62 bits per heavy atom. The van der Waals surface area contributed by atoms with E-state index in [4.69, 9.17) is 5.73 Å². The van der Waals surface area contributed by atoms with E-state index in [2.05, 4.69) is 0 Å². The number of nitrogens with zero attached hydrogens (tertiary/aromatic N) is 1. The molecular formula is C12H18N2O2. The molecule has 1 rings (SSSR count). The second-order valence-corrected chi connectivity index (χ2v) is 4.49. The van der Waals surface area contributed by atoms with E-state index in [-0.39, 0.29) is 12.0 Å². The van der Waals surface area contributed by atoms with E-state index in [0.29, 0.717) is 0 Å². The second kappa shape index (κ2) is 4.53. The minimum atomic E-state index is -0.501. The molecule has 16 heavy (non-hydrogen) atoms. The molecule has 0 spiro atoms. The SMILES string of the molecule is CN(C(N)=O)c1cccc(C(C)(C)CO)c1. The van der Waals surface area contributed by atoms with Crippen LogP contribution in [0.2, 0.25) is 0 Å². The van der Waals surface area contributed by atoms with Crippen molar-refractivity contribution in [3.05, 3.63) is 29.8 Å². The van der Waals surface area contributed by atoms with Crippen LogP contribution in [0.1, 0.15) is 19.4 Å². The lowest BCUT2D eigenvalue weighted by Crippen LogP contribution is -2.32. The largest absolute Gasteiger partial charge is 0.395 e. The van der Waals surface area contributed by atoms with Gasteiger partial charge in [0.2, 0.25) is 0 Å². The quantitative estimate of drug-likeness (QED) is 0.813. The molecule has 2 amide bonds. The molecule has 4 heteroatoms. The topological polar surface area (TPSA) is 66.6 Å². The molecule has 0 aliphatic rings. The molecule has 0 atom stereocenters. The van der Waals surface area contributed by atoms with Crippen LogP contribution in [0.25, 0.3) is 0 Å². The van der Waals surface area contributed by atoms with Crippen LogP contribution in [0.4, 0.5) is 10.5 Å². The van der Waals surface area contributed by atoms with Crippen molar-refractivity contribution in [3.63, 3.8) is 0 Å². The zero-order chi connectivity index (χ0) is 12.3. The van der Waals surface area contributed by atoms with E-state index in [1.54, 1.807) is 7.05 Å². The molecule has 1 aromatic rings. The van der Waals surface area contributed by atoms with Crippen LogP contribution in [0.5, 0.6) is 0 Å². The molecule has 0 saturated carbocycles. The number of aliphatic hydroxyl groups is 1. The number of benzene rings is 1. The highest BCUT2D eigenvalue weighted by Gasteiger charge is 2.20. The number of anilines is 1. The molecular weight excluding hydrogens is 204 g/mol. The Morgan fingerprint density at radius 1 is 1.50 bits per heavy atom.